The van der Waals surface area contributed by atoms with Crippen molar-refractivity contribution in [2.75, 3.05) is 13.2 Å². The van der Waals surface area contributed by atoms with Gasteiger partial charge in [-0.25, -0.2) is 4.79 Å². The van der Waals surface area contributed by atoms with Crippen LogP contribution in [0.25, 0.3) is 0 Å². The minimum atomic E-state index is -0.915. The number of unbranched alkanes of at least 4 members (excludes halogenated alkanes) is 18. The monoisotopic (exact) mass is 468 g/mol. The van der Waals surface area contributed by atoms with Crippen LogP contribution in [0.2, 0.25) is 0 Å². The van der Waals surface area contributed by atoms with Gasteiger partial charge in [0.1, 0.15) is 6.42 Å². The summed E-state index contributed by atoms with van der Waals surface area (Å²) in [6, 6.07) is 0. The van der Waals surface area contributed by atoms with Crippen LogP contribution in [0.3, 0.4) is 0 Å². The second kappa shape index (κ2) is 25.2. The van der Waals surface area contributed by atoms with Gasteiger partial charge in [-0.1, -0.05) is 129 Å². The number of carbonyl (C=O) groups is 3. The SMILES string of the molecule is CCCCCCCCCCCCOC(=O)CC(=O)C(=O)OCCCCCCCCCCCC. The molecule has 0 saturated carbocycles. The van der Waals surface area contributed by atoms with E-state index in [1.54, 1.807) is 0 Å². The number of ether oxygens (including phenoxy) is 2. The van der Waals surface area contributed by atoms with Crippen LogP contribution in [0.15, 0.2) is 0 Å². The van der Waals surface area contributed by atoms with Crippen LogP contribution >= 0.6 is 0 Å². The van der Waals surface area contributed by atoms with Crippen molar-refractivity contribution in [3.8, 4) is 0 Å². The summed E-state index contributed by atoms with van der Waals surface area (Å²) in [6.07, 6.45) is 23.5. The molecule has 0 spiro atoms. The zero-order valence-corrected chi connectivity index (χ0v) is 21.8. The van der Waals surface area contributed by atoms with Gasteiger partial charge in [0.05, 0.1) is 13.2 Å². The summed E-state index contributed by atoms with van der Waals surface area (Å²) in [5, 5.41) is 0. The quantitative estimate of drug-likeness (QED) is 0.0590. The molecule has 0 atom stereocenters. The van der Waals surface area contributed by atoms with E-state index in [4.69, 9.17) is 9.47 Å². The third-order valence-electron chi connectivity index (χ3n) is 6.02. The Hall–Kier alpha value is -1.39. The first-order chi connectivity index (χ1) is 16.1. The Labute approximate surface area is 203 Å². The highest BCUT2D eigenvalue weighted by atomic mass is 16.5. The molecule has 0 N–H and O–H groups in total. The highest BCUT2D eigenvalue weighted by Crippen LogP contribution is 2.11. The van der Waals surface area contributed by atoms with Crippen molar-refractivity contribution < 1.29 is 23.9 Å². The fraction of sp³-hybridized carbons (Fsp3) is 0.893. The minimum Gasteiger partial charge on any atom is -0.465 e. The molecule has 0 heterocycles. The number of hydrogen-bond donors (Lipinski definition) is 0. The molecule has 5 nitrogen and oxygen atoms in total. The molecule has 0 fully saturated rings. The first kappa shape index (κ1) is 31.6. The lowest BCUT2D eigenvalue weighted by molar-refractivity contribution is -0.158. The van der Waals surface area contributed by atoms with Crippen molar-refractivity contribution in [1.82, 2.24) is 0 Å². The second-order valence-corrected chi connectivity index (χ2v) is 9.32. The van der Waals surface area contributed by atoms with Gasteiger partial charge in [0, 0.05) is 0 Å². The van der Waals surface area contributed by atoms with Crippen LogP contribution in [0, 0.1) is 0 Å². The van der Waals surface area contributed by atoms with E-state index in [1.165, 1.54) is 89.9 Å². The van der Waals surface area contributed by atoms with Gasteiger partial charge in [0.15, 0.2) is 0 Å². The molecule has 0 aliphatic heterocycles. The zero-order valence-electron chi connectivity index (χ0n) is 21.8. The third kappa shape index (κ3) is 23.6. The smallest absolute Gasteiger partial charge is 0.375 e. The molecule has 0 unspecified atom stereocenters. The van der Waals surface area contributed by atoms with Crippen LogP contribution in [0.1, 0.15) is 149 Å². The Morgan fingerprint density at radius 3 is 1.18 bits per heavy atom. The highest BCUT2D eigenvalue weighted by molar-refractivity contribution is 6.36. The van der Waals surface area contributed by atoms with Crippen molar-refractivity contribution in [2.24, 2.45) is 0 Å². The van der Waals surface area contributed by atoms with Crippen molar-refractivity contribution in [3.05, 3.63) is 0 Å². The highest BCUT2D eigenvalue weighted by Gasteiger charge is 2.20. The van der Waals surface area contributed by atoms with E-state index in [9.17, 15) is 14.4 Å². The average molecular weight is 469 g/mol. The number of hydrogen-bond acceptors (Lipinski definition) is 5. The number of esters is 2. The summed E-state index contributed by atoms with van der Waals surface area (Å²) in [5.41, 5.74) is 0. The van der Waals surface area contributed by atoms with Crippen LogP contribution in [-0.2, 0) is 23.9 Å². The molecule has 0 aromatic heterocycles. The van der Waals surface area contributed by atoms with E-state index in [0.29, 0.717) is 6.61 Å². The van der Waals surface area contributed by atoms with Crippen LogP contribution in [-0.4, -0.2) is 30.9 Å². The van der Waals surface area contributed by atoms with Crippen LogP contribution in [0.4, 0.5) is 0 Å². The van der Waals surface area contributed by atoms with Gasteiger partial charge in [-0.05, 0) is 12.8 Å². The van der Waals surface area contributed by atoms with Gasteiger partial charge < -0.3 is 9.47 Å². The Balaban J connectivity index is 3.47. The lowest BCUT2D eigenvalue weighted by Gasteiger charge is -2.06. The third-order valence-corrected chi connectivity index (χ3v) is 6.02. The maximum Gasteiger partial charge on any atom is 0.375 e. The van der Waals surface area contributed by atoms with E-state index in [0.717, 1.165) is 38.5 Å². The van der Waals surface area contributed by atoms with Gasteiger partial charge in [0.2, 0.25) is 0 Å². The van der Waals surface area contributed by atoms with Gasteiger partial charge in [0.25, 0.3) is 5.78 Å². The number of rotatable bonds is 25. The predicted octanol–water partition coefficient (Wildman–Crippen LogP) is 7.87. The molecule has 33 heavy (non-hydrogen) atoms. The van der Waals surface area contributed by atoms with E-state index in [1.807, 2.05) is 0 Å². The molecule has 0 aromatic carbocycles. The summed E-state index contributed by atoms with van der Waals surface area (Å²) >= 11 is 0. The summed E-state index contributed by atoms with van der Waals surface area (Å²) in [5.74, 6) is -2.36. The van der Waals surface area contributed by atoms with Crippen molar-refractivity contribution in [3.63, 3.8) is 0 Å². The molecule has 0 aromatic rings. The topological polar surface area (TPSA) is 69.7 Å². The first-order valence-electron chi connectivity index (χ1n) is 14.0. The van der Waals surface area contributed by atoms with E-state index in [2.05, 4.69) is 13.8 Å². The largest absolute Gasteiger partial charge is 0.465 e. The maximum absolute atomic E-state index is 11.8. The summed E-state index contributed by atoms with van der Waals surface area (Å²) in [4.78, 5) is 35.2. The fourth-order valence-electron chi connectivity index (χ4n) is 3.86. The summed E-state index contributed by atoms with van der Waals surface area (Å²) in [7, 11) is 0. The van der Waals surface area contributed by atoms with Crippen molar-refractivity contribution >= 4 is 17.7 Å². The van der Waals surface area contributed by atoms with Gasteiger partial charge >= 0.3 is 11.9 Å². The Kier molecular flexibility index (Phi) is 24.2. The minimum absolute atomic E-state index is 0.245. The zero-order chi connectivity index (χ0) is 24.4. The molecule has 5 heteroatoms. The molecule has 0 rings (SSSR count). The van der Waals surface area contributed by atoms with Crippen LogP contribution in [0.5, 0.6) is 0 Å². The Morgan fingerprint density at radius 2 is 0.788 bits per heavy atom. The van der Waals surface area contributed by atoms with Gasteiger partial charge in [-0.3, -0.25) is 9.59 Å². The standard InChI is InChI=1S/C28H52O5/c1-3-5-7-9-11-13-15-17-19-21-23-32-27(30)25-26(29)28(31)33-24-22-20-18-16-14-12-10-8-6-4-2/h3-25H2,1-2H3. The molecule has 0 amide bonds. The van der Waals surface area contributed by atoms with E-state index in [-0.39, 0.29) is 6.61 Å². The van der Waals surface area contributed by atoms with Gasteiger partial charge in [-0.2, -0.15) is 0 Å². The number of Topliss-reactive ketones (excluding diaryl/α,β-unsaturated/α-hetero) is 1. The Morgan fingerprint density at radius 1 is 0.455 bits per heavy atom. The second-order valence-electron chi connectivity index (χ2n) is 9.32. The Bertz CT molecular complexity index is 475. The molecule has 0 bridgehead atoms. The predicted molar refractivity (Wildman–Crippen MR) is 135 cm³/mol. The van der Waals surface area contributed by atoms with E-state index < -0.39 is 24.1 Å². The number of ketones is 1. The maximum atomic E-state index is 11.8. The van der Waals surface area contributed by atoms with Crippen molar-refractivity contribution in [2.45, 2.75) is 149 Å². The van der Waals surface area contributed by atoms with Gasteiger partial charge in [-0.15, -0.1) is 0 Å². The molecule has 0 radical (unpaired) electrons. The molecule has 0 aliphatic carbocycles. The number of carbonyl (C=O) groups excluding carboxylic acids is 3. The van der Waals surface area contributed by atoms with Crippen LogP contribution < -0.4 is 0 Å². The lowest BCUT2D eigenvalue weighted by Crippen LogP contribution is -2.22. The molecular formula is C28H52O5. The fourth-order valence-corrected chi connectivity index (χ4v) is 3.86. The molecule has 0 aliphatic rings. The average Bonchev–Trinajstić information content (AvgIpc) is 2.80. The normalized spacial score (nSPS) is 10.8. The van der Waals surface area contributed by atoms with Crippen molar-refractivity contribution in [1.29, 1.82) is 0 Å². The molecule has 0 saturated heterocycles. The molecule has 194 valence electrons. The first-order valence-corrected chi connectivity index (χ1v) is 14.0. The summed E-state index contributed by atoms with van der Waals surface area (Å²) < 4.78 is 10.1. The lowest BCUT2D eigenvalue weighted by atomic mass is 10.1. The van der Waals surface area contributed by atoms with E-state index >= 15 is 0 Å². The summed E-state index contributed by atoms with van der Waals surface area (Å²) in [6.45, 7) is 5.02. The molecular weight excluding hydrogens is 416 g/mol.